The SMILES string of the molecule is CC(Oc1cccc(F)c1)C(=O)Nc1ccccc1-c1nc2ccccc2[nH]1. The molecule has 0 aliphatic carbocycles. The molecule has 1 unspecified atom stereocenters. The van der Waals surface area contributed by atoms with Crippen molar-refractivity contribution in [3.8, 4) is 17.1 Å². The summed E-state index contributed by atoms with van der Waals surface area (Å²) in [7, 11) is 0. The summed E-state index contributed by atoms with van der Waals surface area (Å²) in [5, 5.41) is 2.87. The molecule has 4 rings (SSSR count). The van der Waals surface area contributed by atoms with E-state index in [2.05, 4.69) is 15.3 Å². The highest BCUT2D eigenvalue weighted by atomic mass is 19.1. The third kappa shape index (κ3) is 3.71. The molecule has 0 radical (unpaired) electrons. The monoisotopic (exact) mass is 375 g/mol. The number of nitrogens with one attached hydrogen (secondary N) is 2. The minimum absolute atomic E-state index is 0.299. The highest BCUT2D eigenvalue weighted by Gasteiger charge is 2.18. The highest BCUT2D eigenvalue weighted by molar-refractivity contribution is 5.98. The van der Waals surface area contributed by atoms with E-state index >= 15 is 0 Å². The maximum absolute atomic E-state index is 13.3. The predicted octanol–water partition coefficient (Wildman–Crippen LogP) is 4.78. The molecular weight excluding hydrogens is 357 g/mol. The molecule has 1 atom stereocenters. The Morgan fingerprint density at radius 1 is 1.07 bits per heavy atom. The smallest absolute Gasteiger partial charge is 0.265 e. The maximum Gasteiger partial charge on any atom is 0.265 e. The standard InChI is InChI=1S/C22H18FN3O2/c1-14(28-16-8-6-7-15(23)13-16)22(27)26-18-10-3-2-9-17(18)21-24-19-11-4-5-12-20(19)25-21/h2-14H,1H3,(H,24,25)(H,26,27). The Morgan fingerprint density at radius 2 is 1.86 bits per heavy atom. The van der Waals surface area contributed by atoms with Gasteiger partial charge < -0.3 is 15.0 Å². The van der Waals surface area contributed by atoms with Crippen molar-refractivity contribution in [2.75, 3.05) is 5.32 Å². The normalized spacial score (nSPS) is 11.9. The number of imidazole rings is 1. The lowest BCUT2D eigenvalue weighted by molar-refractivity contribution is -0.122. The van der Waals surface area contributed by atoms with Gasteiger partial charge in [0.15, 0.2) is 6.10 Å². The van der Waals surface area contributed by atoms with Crippen LogP contribution in [0.3, 0.4) is 0 Å². The third-order valence-electron chi connectivity index (χ3n) is 4.31. The van der Waals surface area contributed by atoms with E-state index in [4.69, 9.17) is 4.74 Å². The number of aromatic nitrogens is 2. The molecule has 0 spiro atoms. The van der Waals surface area contributed by atoms with Gasteiger partial charge in [-0.25, -0.2) is 9.37 Å². The topological polar surface area (TPSA) is 67.0 Å². The number of benzene rings is 3. The molecule has 4 aromatic rings. The molecule has 0 aliphatic heterocycles. The number of carbonyl (C=O) groups is 1. The number of para-hydroxylation sites is 3. The first-order valence-electron chi connectivity index (χ1n) is 8.87. The fourth-order valence-corrected chi connectivity index (χ4v) is 2.91. The summed E-state index contributed by atoms with van der Waals surface area (Å²) in [5.74, 6) is 0.206. The number of anilines is 1. The van der Waals surface area contributed by atoms with E-state index in [1.54, 1.807) is 19.1 Å². The third-order valence-corrected chi connectivity index (χ3v) is 4.31. The van der Waals surface area contributed by atoms with Gasteiger partial charge in [0.05, 0.1) is 16.7 Å². The quantitative estimate of drug-likeness (QED) is 0.528. The van der Waals surface area contributed by atoms with Crippen LogP contribution in [0.4, 0.5) is 10.1 Å². The van der Waals surface area contributed by atoms with Crippen LogP contribution in [0.15, 0.2) is 72.8 Å². The number of halogens is 1. The van der Waals surface area contributed by atoms with Gasteiger partial charge >= 0.3 is 0 Å². The Balaban J connectivity index is 1.55. The maximum atomic E-state index is 13.3. The Kier molecular flexibility index (Phi) is 4.76. The van der Waals surface area contributed by atoms with Crippen molar-refractivity contribution >= 4 is 22.6 Å². The van der Waals surface area contributed by atoms with Crippen LogP contribution >= 0.6 is 0 Å². The number of fused-ring (bicyclic) bond motifs is 1. The number of amides is 1. The Labute approximate surface area is 161 Å². The van der Waals surface area contributed by atoms with Crippen LogP contribution in [0.1, 0.15) is 6.92 Å². The zero-order valence-electron chi connectivity index (χ0n) is 15.1. The van der Waals surface area contributed by atoms with E-state index in [0.29, 0.717) is 17.3 Å². The van der Waals surface area contributed by atoms with Crippen molar-refractivity contribution in [3.63, 3.8) is 0 Å². The molecule has 2 N–H and O–H groups in total. The van der Waals surface area contributed by atoms with Gasteiger partial charge in [0.1, 0.15) is 17.4 Å². The number of H-pyrrole nitrogens is 1. The second kappa shape index (κ2) is 7.52. The first-order chi connectivity index (χ1) is 13.6. The van der Waals surface area contributed by atoms with E-state index in [0.717, 1.165) is 16.6 Å². The Bertz CT molecular complexity index is 1110. The fourth-order valence-electron chi connectivity index (χ4n) is 2.91. The molecular formula is C22H18FN3O2. The average Bonchev–Trinajstić information content (AvgIpc) is 3.12. The predicted molar refractivity (Wildman–Crippen MR) is 107 cm³/mol. The molecule has 0 saturated carbocycles. The van der Waals surface area contributed by atoms with Gasteiger partial charge in [-0.1, -0.05) is 30.3 Å². The summed E-state index contributed by atoms with van der Waals surface area (Å²) in [6, 6.07) is 20.8. The van der Waals surface area contributed by atoms with Gasteiger partial charge in [-0.3, -0.25) is 4.79 Å². The van der Waals surface area contributed by atoms with E-state index in [9.17, 15) is 9.18 Å². The fraction of sp³-hybridized carbons (Fsp3) is 0.0909. The molecule has 1 aromatic heterocycles. The second-order valence-electron chi connectivity index (χ2n) is 6.35. The first kappa shape index (κ1) is 17.7. The van der Waals surface area contributed by atoms with Gasteiger partial charge in [-0.2, -0.15) is 0 Å². The molecule has 1 amide bonds. The van der Waals surface area contributed by atoms with Gasteiger partial charge in [0.25, 0.3) is 5.91 Å². The van der Waals surface area contributed by atoms with Crippen molar-refractivity contribution < 1.29 is 13.9 Å². The van der Waals surface area contributed by atoms with Crippen LogP contribution in [0.5, 0.6) is 5.75 Å². The molecule has 5 nitrogen and oxygen atoms in total. The van der Waals surface area contributed by atoms with Gasteiger partial charge in [-0.05, 0) is 43.3 Å². The first-order valence-corrected chi connectivity index (χ1v) is 8.87. The number of hydrogen-bond acceptors (Lipinski definition) is 3. The number of carbonyl (C=O) groups excluding carboxylic acids is 1. The average molecular weight is 375 g/mol. The molecule has 140 valence electrons. The summed E-state index contributed by atoms with van der Waals surface area (Å²) < 4.78 is 18.9. The Hall–Kier alpha value is -3.67. The van der Waals surface area contributed by atoms with E-state index < -0.39 is 11.9 Å². The largest absolute Gasteiger partial charge is 0.481 e. The number of nitrogens with zero attached hydrogens (tertiary/aromatic N) is 1. The molecule has 6 heteroatoms. The number of rotatable bonds is 5. The van der Waals surface area contributed by atoms with Crippen LogP contribution in [0.2, 0.25) is 0 Å². The molecule has 0 saturated heterocycles. The summed E-state index contributed by atoms with van der Waals surface area (Å²) >= 11 is 0. The van der Waals surface area contributed by atoms with Gasteiger partial charge in [0, 0.05) is 11.6 Å². The summed E-state index contributed by atoms with van der Waals surface area (Å²) in [6.45, 7) is 1.62. The van der Waals surface area contributed by atoms with Crippen molar-refractivity contribution in [1.29, 1.82) is 0 Å². The van der Waals surface area contributed by atoms with E-state index in [1.165, 1.54) is 18.2 Å². The lowest BCUT2D eigenvalue weighted by atomic mass is 10.1. The van der Waals surface area contributed by atoms with Crippen LogP contribution in [0.25, 0.3) is 22.4 Å². The zero-order valence-corrected chi connectivity index (χ0v) is 15.1. The minimum atomic E-state index is -0.800. The van der Waals surface area contributed by atoms with Crippen LogP contribution < -0.4 is 10.1 Å². The van der Waals surface area contributed by atoms with Crippen molar-refractivity contribution in [2.24, 2.45) is 0 Å². The summed E-state index contributed by atoms with van der Waals surface area (Å²) in [5.41, 5.74) is 3.15. The van der Waals surface area contributed by atoms with Crippen LogP contribution in [0, 0.1) is 5.82 Å². The summed E-state index contributed by atoms with van der Waals surface area (Å²) in [4.78, 5) is 20.5. The van der Waals surface area contributed by atoms with Crippen molar-refractivity contribution in [1.82, 2.24) is 9.97 Å². The molecule has 3 aromatic carbocycles. The van der Waals surface area contributed by atoms with E-state index in [1.807, 2.05) is 42.5 Å². The van der Waals surface area contributed by atoms with Gasteiger partial charge in [0.2, 0.25) is 0 Å². The van der Waals surface area contributed by atoms with Crippen LogP contribution in [-0.2, 0) is 4.79 Å². The zero-order chi connectivity index (χ0) is 19.5. The van der Waals surface area contributed by atoms with E-state index in [-0.39, 0.29) is 5.91 Å². The Morgan fingerprint density at radius 3 is 2.68 bits per heavy atom. The molecule has 28 heavy (non-hydrogen) atoms. The number of aromatic amines is 1. The highest BCUT2D eigenvalue weighted by Crippen LogP contribution is 2.27. The molecule has 0 fully saturated rings. The lowest BCUT2D eigenvalue weighted by Gasteiger charge is -2.16. The number of hydrogen-bond donors (Lipinski definition) is 2. The van der Waals surface area contributed by atoms with Crippen molar-refractivity contribution in [3.05, 3.63) is 78.6 Å². The molecule has 0 bridgehead atoms. The van der Waals surface area contributed by atoms with Crippen LogP contribution in [-0.4, -0.2) is 22.0 Å². The van der Waals surface area contributed by atoms with Crippen molar-refractivity contribution in [2.45, 2.75) is 13.0 Å². The molecule has 0 aliphatic rings. The number of ether oxygens (including phenoxy) is 1. The lowest BCUT2D eigenvalue weighted by Crippen LogP contribution is -2.30. The second-order valence-corrected chi connectivity index (χ2v) is 6.35. The molecule has 1 heterocycles. The van der Waals surface area contributed by atoms with Gasteiger partial charge in [-0.15, -0.1) is 0 Å². The minimum Gasteiger partial charge on any atom is -0.481 e. The summed E-state index contributed by atoms with van der Waals surface area (Å²) in [6.07, 6.45) is -0.800.